The van der Waals surface area contributed by atoms with Crippen LogP contribution in [0.2, 0.25) is 0 Å². The molecule has 0 saturated carbocycles. The molecule has 0 aliphatic carbocycles. The molecule has 1 heterocycles. The molecule has 0 amide bonds. The van der Waals surface area contributed by atoms with Crippen LogP contribution in [0.5, 0.6) is 0 Å². The topological polar surface area (TPSA) is 64.8 Å². The van der Waals surface area contributed by atoms with Gasteiger partial charge in [0.2, 0.25) is 0 Å². The SMILES string of the molecule is Cc1ccc(S(=O)(=O)n2ncc(-c3ccc(C(F)(F)F)cc3)n2)cc1. The molecule has 0 aliphatic rings. The van der Waals surface area contributed by atoms with E-state index in [1.807, 2.05) is 6.92 Å². The average Bonchev–Trinajstić information content (AvgIpc) is 3.05. The molecule has 1 aromatic heterocycles. The molecule has 3 aromatic rings. The van der Waals surface area contributed by atoms with Crippen molar-refractivity contribution >= 4 is 10.0 Å². The first-order valence-corrected chi connectivity index (χ1v) is 8.54. The molecule has 2 aromatic carbocycles. The highest BCUT2D eigenvalue weighted by molar-refractivity contribution is 7.89. The van der Waals surface area contributed by atoms with Crippen LogP contribution in [0.25, 0.3) is 11.3 Å². The van der Waals surface area contributed by atoms with Crippen LogP contribution in [-0.4, -0.2) is 22.8 Å². The average molecular weight is 367 g/mol. The van der Waals surface area contributed by atoms with Gasteiger partial charge in [-0.3, -0.25) is 0 Å². The number of aromatic nitrogens is 3. The van der Waals surface area contributed by atoms with Gasteiger partial charge in [0, 0.05) is 5.56 Å². The molecule has 0 bridgehead atoms. The summed E-state index contributed by atoms with van der Waals surface area (Å²) >= 11 is 0. The summed E-state index contributed by atoms with van der Waals surface area (Å²) in [6.07, 6.45) is -3.25. The number of halogens is 3. The van der Waals surface area contributed by atoms with Crippen molar-refractivity contribution in [3.8, 4) is 11.3 Å². The summed E-state index contributed by atoms with van der Waals surface area (Å²) in [6, 6.07) is 10.4. The molecule has 0 fully saturated rings. The number of aryl methyl sites for hydroxylation is 1. The Labute approximate surface area is 141 Å². The van der Waals surface area contributed by atoms with E-state index in [1.54, 1.807) is 12.1 Å². The van der Waals surface area contributed by atoms with Crippen LogP contribution in [-0.2, 0) is 16.2 Å². The smallest absolute Gasteiger partial charge is 0.198 e. The molecule has 9 heteroatoms. The lowest BCUT2D eigenvalue weighted by Crippen LogP contribution is -2.16. The number of hydrogen-bond acceptors (Lipinski definition) is 4. The third kappa shape index (κ3) is 3.41. The minimum absolute atomic E-state index is 0.0210. The maximum Gasteiger partial charge on any atom is 0.416 e. The molecule has 25 heavy (non-hydrogen) atoms. The van der Waals surface area contributed by atoms with Crippen molar-refractivity contribution in [2.24, 2.45) is 0 Å². The van der Waals surface area contributed by atoms with Gasteiger partial charge in [-0.05, 0) is 31.2 Å². The van der Waals surface area contributed by atoms with Gasteiger partial charge in [0.25, 0.3) is 10.0 Å². The Hall–Kier alpha value is -2.68. The molecular formula is C16H12F3N3O2S. The van der Waals surface area contributed by atoms with Gasteiger partial charge in [-0.15, -0.1) is 10.2 Å². The predicted octanol–water partition coefficient (Wildman–Crippen LogP) is 3.51. The summed E-state index contributed by atoms with van der Waals surface area (Å²) in [5.41, 5.74) is 0.594. The van der Waals surface area contributed by atoms with Crippen LogP contribution >= 0.6 is 0 Å². The third-order valence-corrected chi connectivity index (χ3v) is 4.99. The normalized spacial score (nSPS) is 12.3. The van der Waals surface area contributed by atoms with Gasteiger partial charge in [0.15, 0.2) is 0 Å². The molecule has 0 aliphatic heterocycles. The zero-order valence-electron chi connectivity index (χ0n) is 12.9. The van der Waals surface area contributed by atoms with E-state index in [1.165, 1.54) is 30.5 Å². The number of nitrogens with zero attached hydrogens (tertiary/aromatic N) is 3. The predicted molar refractivity (Wildman–Crippen MR) is 84.2 cm³/mol. The standard InChI is InChI=1S/C16H12F3N3O2S/c1-11-2-8-14(9-3-11)25(23,24)22-20-10-15(21-22)12-4-6-13(7-5-12)16(17,18)19/h2-10H,1H3. The fourth-order valence-corrected chi connectivity index (χ4v) is 3.17. The van der Waals surface area contributed by atoms with Crippen molar-refractivity contribution in [1.29, 1.82) is 0 Å². The highest BCUT2D eigenvalue weighted by Gasteiger charge is 2.30. The summed E-state index contributed by atoms with van der Waals surface area (Å²) in [6.45, 7) is 1.82. The third-order valence-electron chi connectivity index (χ3n) is 3.51. The van der Waals surface area contributed by atoms with E-state index < -0.39 is 21.8 Å². The van der Waals surface area contributed by atoms with Crippen LogP contribution in [0.1, 0.15) is 11.1 Å². The Kier molecular flexibility index (Phi) is 4.11. The largest absolute Gasteiger partial charge is 0.416 e. The Balaban J connectivity index is 1.93. The van der Waals surface area contributed by atoms with Crippen molar-refractivity contribution in [3.05, 3.63) is 65.9 Å². The van der Waals surface area contributed by atoms with Crippen molar-refractivity contribution < 1.29 is 21.6 Å². The van der Waals surface area contributed by atoms with Crippen molar-refractivity contribution in [2.45, 2.75) is 18.0 Å². The monoisotopic (exact) mass is 367 g/mol. The van der Waals surface area contributed by atoms with Crippen LogP contribution in [0.15, 0.2) is 59.6 Å². The number of benzene rings is 2. The maximum absolute atomic E-state index is 12.6. The molecule has 0 atom stereocenters. The van der Waals surface area contributed by atoms with Crippen LogP contribution in [0, 0.1) is 6.92 Å². The summed E-state index contributed by atoms with van der Waals surface area (Å²) < 4.78 is 63.3. The molecular weight excluding hydrogens is 355 g/mol. The fraction of sp³-hybridized carbons (Fsp3) is 0.125. The summed E-state index contributed by atoms with van der Waals surface area (Å²) in [5, 5.41) is 7.61. The second kappa shape index (κ2) is 5.99. The van der Waals surface area contributed by atoms with E-state index in [4.69, 9.17) is 0 Å². The van der Waals surface area contributed by atoms with E-state index in [9.17, 15) is 21.6 Å². The first-order chi connectivity index (χ1) is 11.7. The quantitative estimate of drug-likeness (QED) is 0.711. The maximum atomic E-state index is 12.6. The fourth-order valence-electron chi connectivity index (χ4n) is 2.13. The second-order valence-corrected chi connectivity index (χ2v) is 7.09. The van der Waals surface area contributed by atoms with Crippen molar-refractivity contribution in [2.75, 3.05) is 0 Å². The minimum atomic E-state index is -4.44. The zero-order chi connectivity index (χ0) is 18.2. The van der Waals surface area contributed by atoms with Crippen LogP contribution < -0.4 is 0 Å². The van der Waals surface area contributed by atoms with Gasteiger partial charge in [0.1, 0.15) is 5.69 Å². The second-order valence-electron chi connectivity index (χ2n) is 5.35. The van der Waals surface area contributed by atoms with Gasteiger partial charge in [-0.2, -0.15) is 21.6 Å². The molecule has 0 unspecified atom stereocenters. The Morgan fingerprint density at radius 2 is 1.56 bits per heavy atom. The number of hydrogen-bond donors (Lipinski definition) is 0. The summed E-state index contributed by atoms with van der Waals surface area (Å²) in [7, 11) is -3.96. The highest BCUT2D eigenvalue weighted by atomic mass is 32.2. The van der Waals surface area contributed by atoms with Crippen molar-refractivity contribution in [3.63, 3.8) is 0 Å². The molecule has 0 saturated heterocycles. The molecule has 5 nitrogen and oxygen atoms in total. The van der Waals surface area contributed by atoms with Crippen LogP contribution in [0.3, 0.4) is 0 Å². The summed E-state index contributed by atoms with van der Waals surface area (Å²) in [4.78, 5) is 0.0210. The zero-order valence-corrected chi connectivity index (χ0v) is 13.7. The van der Waals surface area contributed by atoms with Gasteiger partial charge < -0.3 is 0 Å². The van der Waals surface area contributed by atoms with Crippen LogP contribution in [0.4, 0.5) is 13.2 Å². The van der Waals surface area contributed by atoms with Gasteiger partial charge >= 0.3 is 6.18 Å². The summed E-state index contributed by atoms with van der Waals surface area (Å²) in [5.74, 6) is 0. The van der Waals surface area contributed by atoms with Gasteiger partial charge in [-0.25, -0.2) is 0 Å². The molecule has 0 radical (unpaired) electrons. The molecule has 0 N–H and O–H groups in total. The first-order valence-electron chi connectivity index (χ1n) is 7.10. The molecule has 130 valence electrons. The number of alkyl halides is 3. The lowest BCUT2D eigenvalue weighted by atomic mass is 10.1. The first kappa shape index (κ1) is 17.2. The van der Waals surface area contributed by atoms with Crippen molar-refractivity contribution in [1.82, 2.24) is 14.4 Å². The Morgan fingerprint density at radius 1 is 0.960 bits per heavy atom. The lowest BCUT2D eigenvalue weighted by Gasteiger charge is -2.06. The highest BCUT2D eigenvalue weighted by Crippen LogP contribution is 2.30. The Morgan fingerprint density at radius 3 is 2.12 bits per heavy atom. The number of rotatable bonds is 3. The van der Waals surface area contributed by atoms with E-state index in [0.29, 0.717) is 9.77 Å². The van der Waals surface area contributed by atoms with E-state index in [2.05, 4.69) is 10.2 Å². The van der Waals surface area contributed by atoms with Gasteiger partial charge in [-0.1, -0.05) is 34.0 Å². The van der Waals surface area contributed by atoms with E-state index >= 15 is 0 Å². The molecule has 0 spiro atoms. The van der Waals surface area contributed by atoms with Gasteiger partial charge in [0.05, 0.1) is 16.7 Å². The van der Waals surface area contributed by atoms with E-state index in [0.717, 1.165) is 17.7 Å². The molecule has 3 rings (SSSR count). The Bertz CT molecular complexity index is 992. The van der Waals surface area contributed by atoms with E-state index in [-0.39, 0.29) is 10.6 Å². The minimum Gasteiger partial charge on any atom is -0.198 e. The lowest BCUT2D eigenvalue weighted by molar-refractivity contribution is -0.137.